The van der Waals surface area contributed by atoms with Gasteiger partial charge >= 0.3 is 12.6 Å². The lowest BCUT2D eigenvalue weighted by atomic mass is 9.97. The van der Waals surface area contributed by atoms with Crippen molar-refractivity contribution in [1.29, 1.82) is 0 Å². The van der Waals surface area contributed by atoms with Crippen molar-refractivity contribution >= 4 is 47.3 Å². The molecule has 4 N–H and O–H groups in total. The number of esters is 1. The van der Waals surface area contributed by atoms with Crippen LogP contribution >= 0.6 is 6.64 Å². The first kappa shape index (κ1) is 27.6. The lowest BCUT2D eigenvalue weighted by Gasteiger charge is -2.32. The molecular weight excluding hydrogens is 552 g/mol. The third-order valence-electron chi connectivity index (χ3n) is 6.78. The van der Waals surface area contributed by atoms with Gasteiger partial charge in [0.15, 0.2) is 34.5 Å². The van der Waals surface area contributed by atoms with Gasteiger partial charge in [-0.1, -0.05) is 18.2 Å². The molecule has 2 fully saturated rings. The monoisotopic (exact) mass is 581 g/mol. The molecule has 16 heteroatoms. The number of methoxy groups -OCH3 is 1. The van der Waals surface area contributed by atoms with Gasteiger partial charge in [-0.25, -0.2) is 14.5 Å². The molecule has 1 aromatic carbocycles. The van der Waals surface area contributed by atoms with Gasteiger partial charge in [-0.15, -0.1) is 0 Å². The topological polar surface area (TPSA) is 159 Å². The summed E-state index contributed by atoms with van der Waals surface area (Å²) in [4.78, 5) is 26.6. The predicted octanol–water partition coefficient (Wildman–Crippen LogP) is 1.68. The molecule has 13 nitrogen and oxygen atoms in total. The summed E-state index contributed by atoms with van der Waals surface area (Å²) in [7, 11) is 4.77. The van der Waals surface area contributed by atoms with E-state index in [1.165, 1.54) is 31.9 Å². The highest BCUT2D eigenvalue weighted by molar-refractivity contribution is 8.09. The molecule has 210 valence electrons. The van der Waals surface area contributed by atoms with E-state index in [1.54, 1.807) is 49.3 Å². The number of para-hydroxylation sites is 1. The predicted molar refractivity (Wildman–Crippen MR) is 143 cm³/mol. The largest absolute Gasteiger partial charge is 0.468 e. The van der Waals surface area contributed by atoms with Crippen LogP contribution in [-0.4, -0.2) is 81.3 Å². The van der Waals surface area contributed by atoms with Crippen LogP contribution in [0.25, 0.3) is 11.2 Å². The number of hydrogen-bond acceptors (Lipinski definition) is 12. The van der Waals surface area contributed by atoms with E-state index < -0.39 is 48.4 Å². The summed E-state index contributed by atoms with van der Waals surface area (Å²) in [5.41, 5.74) is 2.06. The molecule has 0 amide bonds. The van der Waals surface area contributed by atoms with Crippen molar-refractivity contribution in [2.45, 2.75) is 49.6 Å². The molecule has 2 unspecified atom stereocenters. The third kappa shape index (κ3) is 4.52. The number of nitrogens with two attached hydrogens (primary N) is 1. The SMILES string of the molecule is COC(=O)[C@H](C)NP(=S)(Oc1ccccc1)OC1[C@H]2O[C@@H](n3cnc4c(N(C)C)nc(N)nc43)[C@](C)(F)[C@@]12O. The fourth-order valence-corrected chi connectivity index (χ4v) is 7.41. The van der Waals surface area contributed by atoms with Crippen molar-refractivity contribution in [3.63, 3.8) is 0 Å². The molecule has 3 aromatic rings. The van der Waals surface area contributed by atoms with Crippen molar-refractivity contribution < 1.29 is 32.8 Å². The Morgan fingerprint density at radius 1 is 1.36 bits per heavy atom. The fourth-order valence-electron chi connectivity index (χ4n) is 4.69. The molecule has 3 heterocycles. The van der Waals surface area contributed by atoms with E-state index in [0.717, 1.165) is 0 Å². The fraction of sp³-hybridized carbons (Fsp3) is 0.478. The number of ether oxygens (including phenoxy) is 2. The van der Waals surface area contributed by atoms with Crippen molar-refractivity contribution in [2.75, 3.05) is 31.8 Å². The standard InChI is InChI=1S/C23H29FN7O6PS/c1-12(19(32)34-5)29-38(39,36-13-9-7-6-8-10-13)37-16-15-23(16,33)22(2,24)20(35-15)31-11-26-14-17(30(3)4)27-21(25)28-18(14)31/h6-12,15-16,20,33H,1-5H3,(H,29,39)(H2,25,27,28)/t12-,15+,16?,20+,22-,23-,38?/m0/s1. The van der Waals surface area contributed by atoms with Gasteiger partial charge in [0.1, 0.15) is 24.0 Å². The number of nitrogen functional groups attached to an aromatic ring is 1. The van der Waals surface area contributed by atoms with Gasteiger partial charge in [0.2, 0.25) is 5.95 Å². The number of rotatable bonds is 9. The van der Waals surface area contributed by atoms with Crippen LogP contribution in [0.2, 0.25) is 0 Å². The molecule has 2 aliphatic rings. The Balaban J connectivity index is 1.43. The molecule has 0 bridgehead atoms. The number of hydrogen-bond donors (Lipinski definition) is 3. The number of carbonyl (C=O) groups excluding carboxylic acids is 1. The zero-order valence-corrected chi connectivity index (χ0v) is 23.5. The molecule has 1 aliphatic heterocycles. The number of benzene rings is 1. The number of nitrogens with one attached hydrogen (secondary N) is 1. The van der Waals surface area contributed by atoms with Gasteiger partial charge in [0, 0.05) is 14.1 Å². The van der Waals surface area contributed by atoms with Crippen LogP contribution in [0.15, 0.2) is 36.7 Å². The van der Waals surface area contributed by atoms with Crippen LogP contribution in [0.3, 0.4) is 0 Å². The highest BCUT2D eigenvalue weighted by atomic mass is 32.5. The molecule has 0 spiro atoms. The van der Waals surface area contributed by atoms with Crippen LogP contribution in [0.4, 0.5) is 16.2 Å². The lowest BCUT2D eigenvalue weighted by Crippen LogP contribution is -2.45. The van der Waals surface area contributed by atoms with Crippen LogP contribution in [-0.2, 0) is 30.6 Å². The van der Waals surface area contributed by atoms with E-state index in [9.17, 15) is 9.90 Å². The second kappa shape index (κ2) is 9.61. The second-order valence-electron chi connectivity index (χ2n) is 9.74. The minimum absolute atomic E-state index is 0.0267. The van der Waals surface area contributed by atoms with E-state index >= 15 is 4.39 Å². The highest BCUT2D eigenvalue weighted by Gasteiger charge is 2.85. The van der Waals surface area contributed by atoms with E-state index in [1.807, 2.05) is 0 Å². The zero-order chi connectivity index (χ0) is 28.3. The van der Waals surface area contributed by atoms with Gasteiger partial charge in [-0.2, -0.15) is 9.97 Å². The summed E-state index contributed by atoms with van der Waals surface area (Å²) in [5, 5.41) is 14.3. The second-order valence-corrected chi connectivity index (χ2v) is 12.8. The maximum Gasteiger partial charge on any atom is 0.323 e. The Morgan fingerprint density at radius 2 is 2.05 bits per heavy atom. The third-order valence-corrected chi connectivity index (χ3v) is 9.24. The number of fused-ring (bicyclic) bond motifs is 2. The number of carbonyl (C=O) groups is 1. The van der Waals surface area contributed by atoms with Gasteiger partial charge in [0.25, 0.3) is 0 Å². The van der Waals surface area contributed by atoms with Crippen LogP contribution in [0.5, 0.6) is 5.75 Å². The Labute approximate surface area is 228 Å². The van der Waals surface area contributed by atoms with E-state index in [4.69, 9.17) is 36.1 Å². The molecule has 7 atom stereocenters. The number of aromatic nitrogens is 4. The van der Waals surface area contributed by atoms with Gasteiger partial charge < -0.3 is 29.7 Å². The number of halogens is 1. The van der Waals surface area contributed by atoms with E-state index in [2.05, 4.69) is 20.0 Å². The number of aliphatic hydroxyl groups is 1. The van der Waals surface area contributed by atoms with Crippen molar-refractivity contribution in [3.05, 3.63) is 36.7 Å². The summed E-state index contributed by atoms with van der Waals surface area (Å²) in [6.07, 6.45) is -2.24. The zero-order valence-electron chi connectivity index (χ0n) is 21.8. The van der Waals surface area contributed by atoms with E-state index in [0.29, 0.717) is 17.1 Å². The van der Waals surface area contributed by atoms with Crippen LogP contribution in [0.1, 0.15) is 20.1 Å². The number of alkyl halides is 1. The number of anilines is 2. The minimum Gasteiger partial charge on any atom is -0.468 e. The molecule has 39 heavy (non-hydrogen) atoms. The molecule has 0 radical (unpaired) electrons. The summed E-state index contributed by atoms with van der Waals surface area (Å²) >= 11 is 5.68. The molecular formula is C23H29FN7O6PS. The molecule has 1 saturated heterocycles. The van der Waals surface area contributed by atoms with Crippen LogP contribution < -0.4 is 20.2 Å². The van der Waals surface area contributed by atoms with Crippen molar-refractivity contribution in [3.8, 4) is 5.75 Å². The highest BCUT2D eigenvalue weighted by Crippen LogP contribution is 2.66. The average Bonchev–Trinajstić information content (AvgIpc) is 3.14. The Kier molecular flexibility index (Phi) is 6.81. The minimum atomic E-state index is -3.54. The Morgan fingerprint density at radius 3 is 2.64 bits per heavy atom. The summed E-state index contributed by atoms with van der Waals surface area (Å²) in [5.74, 6) is 0.186. The average molecular weight is 582 g/mol. The van der Waals surface area contributed by atoms with Crippen molar-refractivity contribution in [1.82, 2.24) is 24.6 Å². The maximum absolute atomic E-state index is 16.5. The maximum atomic E-state index is 16.5. The number of nitrogens with zero attached hydrogens (tertiary/aromatic N) is 5. The smallest absolute Gasteiger partial charge is 0.323 e. The molecule has 1 aliphatic carbocycles. The molecule has 1 saturated carbocycles. The van der Waals surface area contributed by atoms with Crippen LogP contribution in [0, 0.1) is 0 Å². The Bertz CT molecular complexity index is 1460. The normalized spacial score (nSPS) is 29.9. The van der Waals surface area contributed by atoms with Gasteiger partial charge in [-0.05, 0) is 37.8 Å². The quantitative estimate of drug-likeness (QED) is 0.248. The summed E-state index contributed by atoms with van der Waals surface area (Å²) < 4.78 is 40.6. The Hall–Kier alpha value is -2.94. The van der Waals surface area contributed by atoms with Gasteiger partial charge in [0.05, 0.1) is 13.4 Å². The number of imidazole rings is 1. The first-order chi connectivity index (χ1) is 18.3. The first-order valence-corrected chi connectivity index (χ1v) is 14.6. The lowest BCUT2D eigenvalue weighted by molar-refractivity contribution is -0.142. The molecule has 5 rings (SSSR count). The first-order valence-electron chi connectivity index (χ1n) is 11.9. The summed E-state index contributed by atoms with van der Waals surface area (Å²) in [6, 6.07) is 7.66. The van der Waals surface area contributed by atoms with E-state index in [-0.39, 0.29) is 11.6 Å². The van der Waals surface area contributed by atoms with Crippen molar-refractivity contribution in [2.24, 2.45) is 0 Å². The summed E-state index contributed by atoms with van der Waals surface area (Å²) in [6.45, 7) is -0.809. The molecule has 2 aromatic heterocycles. The van der Waals surface area contributed by atoms with Gasteiger partial charge in [-0.3, -0.25) is 13.9 Å².